The summed E-state index contributed by atoms with van der Waals surface area (Å²) >= 11 is 4.82. The molecule has 0 saturated heterocycles. The second kappa shape index (κ2) is 5.59. The van der Waals surface area contributed by atoms with Gasteiger partial charge in [0.05, 0.1) is 0 Å². The van der Waals surface area contributed by atoms with E-state index < -0.39 is 0 Å². The van der Waals surface area contributed by atoms with Crippen molar-refractivity contribution < 1.29 is 0 Å². The van der Waals surface area contributed by atoms with Gasteiger partial charge in [0.2, 0.25) is 5.95 Å². The summed E-state index contributed by atoms with van der Waals surface area (Å²) in [5.74, 6) is 0.576. The summed E-state index contributed by atoms with van der Waals surface area (Å²) < 4.78 is 2.57. The number of nitrogens with zero attached hydrogens (tertiary/aromatic N) is 5. The summed E-state index contributed by atoms with van der Waals surface area (Å²) in [6, 6.07) is 9.66. The van der Waals surface area contributed by atoms with Crippen molar-refractivity contribution in [2.75, 3.05) is 5.73 Å². The van der Waals surface area contributed by atoms with Gasteiger partial charge in [0, 0.05) is 21.8 Å². The second-order valence-electron chi connectivity index (χ2n) is 3.78. The van der Waals surface area contributed by atoms with Crippen molar-refractivity contribution in [2.24, 2.45) is 0 Å². The molecular weight excluding hydrogens is 340 g/mol. The Kier molecular flexibility index (Phi) is 3.66. The molecule has 0 unspecified atom stereocenters. The number of anilines is 1. The average molecular weight is 349 g/mol. The number of nitrogen functional groups attached to an aromatic ring is 1. The summed E-state index contributed by atoms with van der Waals surface area (Å²) in [6.07, 6.45) is 3.41. The van der Waals surface area contributed by atoms with Gasteiger partial charge in [0.25, 0.3) is 5.95 Å². The number of halogens is 1. The molecule has 0 amide bonds. The molecule has 0 aliphatic heterocycles. The summed E-state index contributed by atoms with van der Waals surface area (Å²) in [6.45, 7) is 0. The molecule has 0 spiro atoms. The van der Waals surface area contributed by atoms with E-state index >= 15 is 0 Å². The topological polar surface area (TPSA) is 82.5 Å². The van der Waals surface area contributed by atoms with Gasteiger partial charge in [0.15, 0.2) is 5.16 Å². The van der Waals surface area contributed by atoms with Gasteiger partial charge in [-0.1, -0.05) is 15.9 Å². The van der Waals surface area contributed by atoms with Gasteiger partial charge >= 0.3 is 0 Å². The van der Waals surface area contributed by atoms with Crippen molar-refractivity contribution in [3.05, 3.63) is 47.2 Å². The Hall–Kier alpha value is -1.93. The minimum atomic E-state index is 0.171. The van der Waals surface area contributed by atoms with E-state index in [0.717, 1.165) is 9.37 Å². The highest BCUT2D eigenvalue weighted by molar-refractivity contribution is 9.10. The highest BCUT2D eigenvalue weighted by Crippen LogP contribution is 2.26. The molecule has 0 bridgehead atoms. The van der Waals surface area contributed by atoms with E-state index in [4.69, 9.17) is 5.73 Å². The zero-order valence-electron chi connectivity index (χ0n) is 10.1. The fraction of sp³-hybridized carbons (Fsp3) is 0. The maximum absolute atomic E-state index is 5.72. The largest absolute Gasteiger partial charge is 0.368 e. The normalized spacial score (nSPS) is 10.7. The third-order valence-corrected chi connectivity index (χ3v) is 3.75. The van der Waals surface area contributed by atoms with Gasteiger partial charge < -0.3 is 5.73 Å². The molecule has 0 aliphatic rings. The van der Waals surface area contributed by atoms with Crippen LogP contribution in [0.3, 0.4) is 0 Å². The molecule has 2 aromatic heterocycles. The SMILES string of the molecule is Nc1nc(Sc2ccc(Br)cc2)nc(-n2cccn2)n1. The molecule has 6 nitrogen and oxygen atoms in total. The summed E-state index contributed by atoms with van der Waals surface area (Å²) in [4.78, 5) is 13.6. The van der Waals surface area contributed by atoms with Gasteiger partial charge in [-0.15, -0.1) is 0 Å². The van der Waals surface area contributed by atoms with E-state index in [-0.39, 0.29) is 5.95 Å². The number of nitrogens with two attached hydrogens (primary N) is 1. The predicted octanol–water partition coefficient (Wildman–Crippen LogP) is 2.55. The number of hydrogen-bond acceptors (Lipinski definition) is 6. The Bertz CT molecular complexity index is 713. The Morgan fingerprint density at radius 3 is 2.60 bits per heavy atom. The van der Waals surface area contributed by atoms with Gasteiger partial charge in [-0.05, 0) is 42.1 Å². The Balaban J connectivity index is 1.92. The minimum Gasteiger partial charge on any atom is -0.368 e. The molecule has 20 heavy (non-hydrogen) atoms. The highest BCUT2D eigenvalue weighted by atomic mass is 79.9. The zero-order valence-corrected chi connectivity index (χ0v) is 12.5. The Morgan fingerprint density at radius 1 is 1.10 bits per heavy atom. The van der Waals surface area contributed by atoms with Crippen molar-refractivity contribution in [1.29, 1.82) is 0 Å². The summed E-state index contributed by atoms with van der Waals surface area (Å²) in [5, 5.41) is 4.61. The lowest BCUT2D eigenvalue weighted by atomic mass is 10.4. The molecule has 100 valence electrons. The average Bonchev–Trinajstić information content (AvgIpc) is 2.95. The van der Waals surface area contributed by atoms with Crippen LogP contribution >= 0.6 is 27.7 Å². The van der Waals surface area contributed by atoms with Crippen LogP contribution in [-0.4, -0.2) is 24.7 Å². The molecule has 0 fully saturated rings. The minimum absolute atomic E-state index is 0.171. The quantitative estimate of drug-likeness (QED) is 0.783. The number of aromatic nitrogens is 5. The van der Waals surface area contributed by atoms with Crippen LogP contribution < -0.4 is 5.73 Å². The molecule has 0 aliphatic carbocycles. The first-order valence-corrected chi connectivity index (χ1v) is 7.27. The Labute approximate surface area is 127 Å². The second-order valence-corrected chi connectivity index (χ2v) is 5.74. The van der Waals surface area contributed by atoms with E-state index in [9.17, 15) is 0 Å². The van der Waals surface area contributed by atoms with E-state index in [0.29, 0.717) is 11.1 Å². The standard InChI is InChI=1S/C12H9BrN6S/c13-8-2-4-9(5-3-8)20-12-17-10(14)16-11(18-12)19-7-1-6-15-19/h1-7H,(H2,14,16,17,18). The lowest BCUT2D eigenvalue weighted by molar-refractivity contribution is 0.764. The molecular formula is C12H9BrN6S. The first kappa shape index (κ1) is 13.1. The molecule has 2 heterocycles. The predicted molar refractivity (Wildman–Crippen MR) is 79.6 cm³/mol. The van der Waals surface area contributed by atoms with E-state index in [1.807, 2.05) is 24.3 Å². The molecule has 0 radical (unpaired) electrons. The fourth-order valence-electron chi connectivity index (χ4n) is 1.50. The third-order valence-electron chi connectivity index (χ3n) is 2.35. The molecule has 0 atom stereocenters. The maximum atomic E-state index is 5.72. The van der Waals surface area contributed by atoms with Crippen molar-refractivity contribution >= 4 is 33.6 Å². The third kappa shape index (κ3) is 2.97. The van der Waals surface area contributed by atoms with Crippen LogP contribution in [0.2, 0.25) is 0 Å². The number of benzene rings is 1. The molecule has 8 heteroatoms. The van der Waals surface area contributed by atoms with E-state index in [2.05, 4.69) is 36.0 Å². The van der Waals surface area contributed by atoms with Crippen molar-refractivity contribution in [2.45, 2.75) is 10.1 Å². The monoisotopic (exact) mass is 348 g/mol. The van der Waals surface area contributed by atoms with Crippen LogP contribution in [0.1, 0.15) is 0 Å². The fourth-order valence-corrected chi connectivity index (χ4v) is 2.52. The Morgan fingerprint density at radius 2 is 1.90 bits per heavy atom. The lowest BCUT2D eigenvalue weighted by Crippen LogP contribution is -2.07. The van der Waals surface area contributed by atoms with Crippen LogP contribution in [-0.2, 0) is 0 Å². The smallest absolute Gasteiger partial charge is 0.256 e. The molecule has 2 N–H and O–H groups in total. The molecule has 3 aromatic rings. The number of hydrogen-bond donors (Lipinski definition) is 1. The van der Waals surface area contributed by atoms with Crippen molar-refractivity contribution in [3.63, 3.8) is 0 Å². The van der Waals surface area contributed by atoms with Gasteiger partial charge in [-0.2, -0.15) is 20.1 Å². The van der Waals surface area contributed by atoms with Crippen molar-refractivity contribution in [1.82, 2.24) is 24.7 Å². The summed E-state index contributed by atoms with van der Waals surface area (Å²) in [7, 11) is 0. The van der Waals surface area contributed by atoms with Gasteiger partial charge in [-0.3, -0.25) is 0 Å². The van der Waals surface area contributed by atoms with Crippen LogP contribution in [0.5, 0.6) is 0 Å². The van der Waals surface area contributed by atoms with Crippen LogP contribution in [0.15, 0.2) is 57.3 Å². The number of rotatable bonds is 3. The lowest BCUT2D eigenvalue weighted by Gasteiger charge is -2.04. The van der Waals surface area contributed by atoms with E-state index in [1.54, 1.807) is 23.1 Å². The highest BCUT2D eigenvalue weighted by Gasteiger charge is 2.08. The van der Waals surface area contributed by atoms with Crippen LogP contribution in [0, 0.1) is 0 Å². The van der Waals surface area contributed by atoms with Crippen LogP contribution in [0.25, 0.3) is 5.95 Å². The van der Waals surface area contributed by atoms with Crippen LogP contribution in [0.4, 0.5) is 5.95 Å². The molecule has 3 rings (SSSR count). The zero-order chi connectivity index (χ0) is 13.9. The first-order chi connectivity index (χ1) is 9.70. The van der Waals surface area contributed by atoms with E-state index in [1.165, 1.54) is 11.8 Å². The van der Waals surface area contributed by atoms with Crippen molar-refractivity contribution in [3.8, 4) is 5.95 Å². The van der Waals surface area contributed by atoms with Gasteiger partial charge in [0.1, 0.15) is 0 Å². The molecule has 1 aromatic carbocycles. The van der Waals surface area contributed by atoms with Gasteiger partial charge in [-0.25, -0.2) is 4.68 Å². The maximum Gasteiger partial charge on any atom is 0.256 e. The molecule has 0 saturated carbocycles. The first-order valence-electron chi connectivity index (χ1n) is 5.66. The summed E-state index contributed by atoms with van der Waals surface area (Å²) in [5.41, 5.74) is 5.72.